The van der Waals surface area contributed by atoms with Crippen LogP contribution in [-0.4, -0.2) is 57.9 Å². The third kappa shape index (κ3) is 4.83. The summed E-state index contributed by atoms with van der Waals surface area (Å²) in [7, 11) is 1.71. The predicted octanol–water partition coefficient (Wildman–Crippen LogP) is 2.42. The molecule has 25 heavy (non-hydrogen) atoms. The second kappa shape index (κ2) is 9.01. The van der Waals surface area contributed by atoms with E-state index in [0.29, 0.717) is 18.3 Å². The maximum absolute atomic E-state index is 12.6. The standard InChI is InChI=1S/C18H24N4O2S/c1-24-12-11-21-10-8-20-18(21)15-3-2-9-22(13-15)17(23)14-25-16-4-6-19-7-5-16/h4-8,10,15H,2-3,9,11-14H2,1H3/t15-/m1/s1. The Balaban J connectivity index is 1.57. The number of methoxy groups -OCH3 is 1. The SMILES string of the molecule is COCCn1ccnc1[C@@H]1CCCN(C(=O)CSc2ccncc2)C1. The number of amides is 1. The van der Waals surface area contributed by atoms with E-state index in [0.717, 1.165) is 43.2 Å². The molecule has 0 aliphatic carbocycles. The summed E-state index contributed by atoms with van der Waals surface area (Å²) in [5.74, 6) is 2.03. The van der Waals surface area contributed by atoms with Crippen molar-refractivity contribution >= 4 is 17.7 Å². The molecular weight excluding hydrogens is 336 g/mol. The average molecular weight is 360 g/mol. The molecule has 0 spiro atoms. The summed E-state index contributed by atoms with van der Waals surface area (Å²) in [6.07, 6.45) is 9.44. The van der Waals surface area contributed by atoms with Gasteiger partial charge in [0.05, 0.1) is 12.4 Å². The zero-order chi connectivity index (χ0) is 17.5. The Bertz CT molecular complexity index is 677. The van der Waals surface area contributed by atoms with Crippen LogP contribution in [-0.2, 0) is 16.1 Å². The molecular formula is C18H24N4O2S. The van der Waals surface area contributed by atoms with E-state index in [1.807, 2.05) is 29.4 Å². The molecule has 1 aliphatic rings. The van der Waals surface area contributed by atoms with Crippen molar-refractivity contribution in [2.24, 2.45) is 0 Å². The van der Waals surface area contributed by atoms with Crippen LogP contribution in [0.25, 0.3) is 0 Å². The highest BCUT2D eigenvalue weighted by molar-refractivity contribution is 8.00. The second-order valence-electron chi connectivity index (χ2n) is 6.12. The van der Waals surface area contributed by atoms with Crippen LogP contribution in [0.5, 0.6) is 0 Å². The third-order valence-corrected chi connectivity index (χ3v) is 5.43. The zero-order valence-electron chi connectivity index (χ0n) is 14.5. The fourth-order valence-corrected chi connectivity index (χ4v) is 3.93. The molecule has 0 saturated carbocycles. The maximum Gasteiger partial charge on any atom is 0.232 e. The van der Waals surface area contributed by atoms with E-state index < -0.39 is 0 Å². The monoisotopic (exact) mass is 360 g/mol. The molecule has 3 rings (SSSR count). The minimum Gasteiger partial charge on any atom is -0.383 e. The van der Waals surface area contributed by atoms with Crippen molar-refractivity contribution in [3.8, 4) is 0 Å². The number of pyridine rings is 1. The summed E-state index contributed by atoms with van der Waals surface area (Å²) in [4.78, 5) is 24.2. The van der Waals surface area contributed by atoms with Crippen molar-refractivity contribution in [1.29, 1.82) is 0 Å². The van der Waals surface area contributed by atoms with Crippen LogP contribution >= 0.6 is 11.8 Å². The molecule has 1 saturated heterocycles. The highest BCUT2D eigenvalue weighted by Gasteiger charge is 2.27. The van der Waals surface area contributed by atoms with E-state index in [2.05, 4.69) is 14.5 Å². The Morgan fingerprint density at radius 3 is 3.00 bits per heavy atom. The molecule has 3 heterocycles. The fourth-order valence-electron chi connectivity index (χ4n) is 3.14. The van der Waals surface area contributed by atoms with Crippen molar-refractivity contribution < 1.29 is 9.53 Å². The van der Waals surface area contributed by atoms with E-state index in [-0.39, 0.29) is 5.91 Å². The molecule has 0 unspecified atom stereocenters. The smallest absolute Gasteiger partial charge is 0.232 e. The van der Waals surface area contributed by atoms with Gasteiger partial charge < -0.3 is 14.2 Å². The number of likely N-dealkylation sites (tertiary alicyclic amines) is 1. The molecule has 1 aliphatic heterocycles. The Hall–Kier alpha value is -1.86. The van der Waals surface area contributed by atoms with Crippen LogP contribution in [0.15, 0.2) is 41.8 Å². The van der Waals surface area contributed by atoms with Crippen LogP contribution < -0.4 is 0 Å². The van der Waals surface area contributed by atoms with Gasteiger partial charge in [0.2, 0.25) is 5.91 Å². The first-order valence-corrected chi connectivity index (χ1v) is 9.57. The Kier molecular flexibility index (Phi) is 6.47. The van der Waals surface area contributed by atoms with Gasteiger partial charge in [-0.1, -0.05) is 0 Å². The van der Waals surface area contributed by atoms with E-state index in [4.69, 9.17) is 4.74 Å². The number of hydrogen-bond donors (Lipinski definition) is 0. The van der Waals surface area contributed by atoms with Gasteiger partial charge in [-0.15, -0.1) is 11.8 Å². The predicted molar refractivity (Wildman–Crippen MR) is 97.6 cm³/mol. The highest BCUT2D eigenvalue weighted by atomic mass is 32.2. The molecule has 134 valence electrons. The number of nitrogens with zero attached hydrogens (tertiary/aromatic N) is 4. The maximum atomic E-state index is 12.6. The van der Waals surface area contributed by atoms with Crippen LogP contribution in [0.4, 0.5) is 0 Å². The van der Waals surface area contributed by atoms with Crippen LogP contribution in [0.1, 0.15) is 24.6 Å². The lowest BCUT2D eigenvalue weighted by Gasteiger charge is -2.32. The van der Waals surface area contributed by atoms with E-state index >= 15 is 0 Å². The number of hydrogen-bond acceptors (Lipinski definition) is 5. The van der Waals surface area contributed by atoms with Crippen molar-refractivity contribution in [3.05, 3.63) is 42.7 Å². The number of aromatic nitrogens is 3. The first-order valence-electron chi connectivity index (χ1n) is 8.58. The lowest BCUT2D eigenvalue weighted by molar-refractivity contribution is -0.129. The number of thioether (sulfide) groups is 1. The topological polar surface area (TPSA) is 60.2 Å². The normalized spacial score (nSPS) is 17.6. The van der Waals surface area contributed by atoms with Crippen LogP contribution in [0.2, 0.25) is 0 Å². The van der Waals surface area contributed by atoms with Crippen molar-refractivity contribution in [2.75, 3.05) is 32.6 Å². The van der Waals surface area contributed by atoms with Gasteiger partial charge in [0.1, 0.15) is 5.82 Å². The van der Waals surface area contributed by atoms with E-state index in [1.54, 1.807) is 31.3 Å². The molecule has 0 radical (unpaired) electrons. The van der Waals surface area contributed by atoms with Crippen LogP contribution in [0.3, 0.4) is 0 Å². The lowest BCUT2D eigenvalue weighted by atomic mass is 9.97. The van der Waals surface area contributed by atoms with Gasteiger partial charge in [-0.3, -0.25) is 9.78 Å². The van der Waals surface area contributed by atoms with Gasteiger partial charge in [-0.25, -0.2) is 4.98 Å². The minimum atomic E-state index is 0.196. The van der Waals surface area contributed by atoms with Gasteiger partial charge in [-0.05, 0) is 25.0 Å². The molecule has 1 fully saturated rings. The molecule has 7 heteroatoms. The van der Waals surface area contributed by atoms with Gasteiger partial charge >= 0.3 is 0 Å². The van der Waals surface area contributed by atoms with Gasteiger partial charge in [0.25, 0.3) is 0 Å². The summed E-state index contributed by atoms with van der Waals surface area (Å²) in [6, 6.07) is 3.87. The number of rotatable bonds is 7. The van der Waals surface area contributed by atoms with Gasteiger partial charge in [0.15, 0.2) is 0 Å². The average Bonchev–Trinajstić information content (AvgIpc) is 3.14. The third-order valence-electron chi connectivity index (χ3n) is 4.44. The number of imidazole rings is 1. The molecule has 1 atom stereocenters. The van der Waals surface area contributed by atoms with Crippen LogP contribution in [0, 0.1) is 0 Å². The molecule has 2 aromatic heterocycles. The largest absolute Gasteiger partial charge is 0.383 e. The quantitative estimate of drug-likeness (QED) is 0.710. The summed E-state index contributed by atoms with van der Waals surface area (Å²) < 4.78 is 7.32. The zero-order valence-corrected chi connectivity index (χ0v) is 15.3. The van der Waals surface area contributed by atoms with Crippen molar-refractivity contribution in [2.45, 2.75) is 30.2 Å². The molecule has 0 N–H and O–H groups in total. The summed E-state index contributed by atoms with van der Waals surface area (Å²) >= 11 is 1.57. The fraction of sp³-hybridized carbons (Fsp3) is 0.500. The summed E-state index contributed by atoms with van der Waals surface area (Å²) in [5, 5.41) is 0. The Labute approximate surface area is 152 Å². The Morgan fingerprint density at radius 1 is 1.36 bits per heavy atom. The highest BCUT2D eigenvalue weighted by Crippen LogP contribution is 2.27. The second-order valence-corrected chi connectivity index (χ2v) is 7.17. The summed E-state index contributed by atoms with van der Waals surface area (Å²) in [5.41, 5.74) is 0. The first kappa shape index (κ1) is 17.9. The minimum absolute atomic E-state index is 0.196. The Morgan fingerprint density at radius 2 is 2.20 bits per heavy atom. The molecule has 1 amide bonds. The summed E-state index contributed by atoms with van der Waals surface area (Å²) in [6.45, 7) is 3.06. The van der Waals surface area contributed by atoms with E-state index in [9.17, 15) is 4.79 Å². The van der Waals surface area contributed by atoms with Crippen molar-refractivity contribution in [1.82, 2.24) is 19.4 Å². The first-order chi connectivity index (χ1) is 12.3. The lowest BCUT2D eigenvalue weighted by Crippen LogP contribution is -2.40. The molecule has 0 bridgehead atoms. The number of carbonyl (C=O) groups excluding carboxylic acids is 1. The number of piperidine rings is 1. The number of carbonyl (C=O) groups is 1. The van der Waals surface area contributed by atoms with E-state index in [1.165, 1.54) is 0 Å². The van der Waals surface area contributed by atoms with Crippen molar-refractivity contribution in [3.63, 3.8) is 0 Å². The number of ether oxygens (including phenoxy) is 1. The molecule has 6 nitrogen and oxygen atoms in total. The molecule has 0 aromatic carbocycles. The van der Waals surface area contributed by atoms with Gasteiger partial charge in [-0.2, -0.15) is 0 Å². The van der Waals surface area contributed by atoms with Gasteiger partial charge in [0, 0.05) is 62.3 Å². The molecule has 2 aromatic rings.